The second-order valence-corrected chi connectivity index (χ2v) is 18.1. The third-order valence-corrected chi connectivity index (χ3v) is 11.4. The Balaban J connectivity index is 4.81. The Labute approximate surface area is 389 Å². The molecule has 0 radical (unpaired) electrons. The van der Waals surface area contributed by atoms with E-state index in [1.54, 1.807) is 0 Å². The van der Waals surface area contributed by atoms with Gasteiger partial charge >= 0.3 is 25.7 Å². The van der Waals surface area contributed by atoms with E-state index in [-0.39, 0.29) is 25.9 Å². The summed E-state index contributed by atoms with van der Waals surface area (Å²) < 4.78 is 39.2. The van der Waals surface area contributed by atoms with Crippen LogP contribution in [0, 0.1) is 0 Å². The lowest BCUT2D eigenvalue weighted by Gasteiger charge is -2.21. The molecule has 3 unspecified atom stereocenters. The predicted octanol–water partition coefficient (Wildman–Crippen LogP) is 14.0. The van der Waals surface area contributed by atoms with E-state index in [2.05, 4.69) is 69.4 Å². The molecule has 0 fully saturated rings. The van der Waals surface area contributed by atoms with E-state index in [0.717, 1.165) is 83.5 Å². The van der Waals surface area contributed by atoms with Crippen molar-refractivity contribution in [1.29, 1.82) is 0 Å². The molecule has 64 heavy (non-hydrogen) atoms. The number of ether oxygens (including phenoxy) is 3. The van der Waals surface area contributed by atoms with E-state index >= 15 is 0 Å². The van der Waals surface area contributed by atoms with Gasteiger partial charge in [0, 0.05) is 19.3 Å². The molecule has 0 saturated carbocycles. The largest absolute Gasteiger partial charge is 0.472 e. The van der Waals surface area contributed by atoms with E-state index in [9.17, 15) is 28.9 Å². The number of carbonyl (C=O) groups excluding carboxylic acids is 3. The minimum Gasteiger partial charge on any atom is -0.462 e. The van der Waals surface area contributed by atoms with Crippen molar-refractivity contribution in [3.8, 4) is 0 Å². The maximum absolute atomic E-state index is 12.8. The molecule has 0 heterocycles. The molecule has 0 amide bonds. The summed E-state index contributed by atoms with van der Waals surface area (Å²) in [5.74, 6) is -1.57. The van der Waals surface area contributed by atoms with E-state index in [4.69, 9.17) is 23.3 Å². The van der Waals surface area contributed by atoms with Crippen LogP contribution in [0.25, 0.3) is 0 Å². The maximum atomic E-state index is 12.8. The second-order valence-electron chi connectivity index (χ2n) is 16.6. The summed E-state index contributed by atoms with van der Waals surface area (Å²) in [5.41, 5.74) is 0. The fraction of sp³-hybridized carbons (Fsp3) is 0.750. The van der Waals surface area contributed by atoms with E-state index in [1.165, 1.54) is 70.6 Å². The molecule has 12 heteroatoms. The van der Waals surface area contributed by atoms with Gasteiger partial charge in [0.1, 0.15) is 12.7 Å². The first-order chi connectivity index (χ1) is 31.2. The molecule has 0 bridgehead atoms. The van der Waals surface area contributed by atoms with Crippen LogP contribution in [0.4, 0.5) is 0 Å². The Hall–Kier alpha value is -2.82. The van der Waals surface area contributed by atoms with Crippen molar-refractivity contribution in [2.75, 3.05) is 26.4 Å². The van der Waals surface area contributed by atoms with Crippen molar-refractivity contribution in [3.05, 3.63) is 60.8 Å². The first-order valence-electron chi connectivity index (χ1n) is 25.2. The van der Waals surface area contributed by atoms with Crippen molar-refractivity contribution >= 4 is 25.7 Å². The summed E-state index contributed by atoms with van der Waals surface area (Å²) >= 11 is 0. The molecule has 11 nitrogen and oxygen atoms in total. The van der Waals surface area contributed by atoms with Crippen LogP contribution in [0.2, 0.25) is 0 Å². The highest BCUT2D eigenvalue weighted by molar-refractivity contribution is 7.47. The lowest BCUT2D eigenvalue weighted by Crippen LogP contribution is -2.30. The van der Waals surface area contributed by atoms with Gasteiger partial charge in [-0.05, 0) is 64.2 Å². The van der Waals surface area contributed by atoms with Gasteiger partial charge < -0.3 is 24.2 Å². The highest BCUT2D eigenvalue weighted by Crippen LogP contribution is 2.43. The van der Waals surface area contributed by atoms with Gasteiger partial charge in [-0.15, -0.1) is 0 Å². The normalized spacial score (nSPS) is 14.0. The SMILES string of the molecule is CC/C=C\C/C=C\C/C=C\C/C=C\CCC(=O)OC(COC(=O)CCCCCCC/C=C\CCCC)COP(=O)(O)OCC(CO)OC(=O)CCCCCCCCCCCCCCC. The summed E-state index contributed by atoms with van der Waals surface area (Å²) in [4.78, 5) is 48.1. The van der Waals surface area contributed by atoms with Crippen LogP contribution in [0.3, 0.4) is 0 Å². The van der Waals surface area contributed by atoms with Crippen molar-refractivity contribution in [2.24, 2.45) is 0 Å². The summed E-state index contributed by atoms with van der Waals surface area (Å²) in [6.07, 6.45) is 47.9. The summed E-state index contributed by atoms with van der Waals surface area (Å²) in [5, 5.41) is 9.76. The van der Waals surface area contributed by atoms with E-state index in [1.807, 2.05) is 12.2 Å². The number of allylic oxidation sites excluding steroid dienone is 10. The molecule has 0 aliphatic heterocycles. The average Bonchev–Trinajstić information content (AvgIpc) is 3.28. The minimum absolute atomic E-state index is 0.0450. The zero-order valence-electron chi connectivity index (χ0n) is 40.5. The molecule has 0 rings (SSSR count). The molecule has 0 aliphatic carbocycles. The molecule has 370 valence electrons. The third kappa shape index (κ3) is 44.4. The lowest BCUT2D eigenvalue weighted by molar-refractivity contribution is -0.161. The van der Waals surface area contributed by atoms with Crippen LogP contribution in [-0.2, 0) is 42.2 Å². The van der Waals surface area contributed by atoms with Crippen LogP contribution in [0.5, 0.6) is 0 Å². The highest BCUT2D eigenvalue weighted by Gasteiger charge is 2.28. The third-order valence-electron chi connectivity index (χ3n) is 10.4. The Morgan fingerprint density at radius 2 is 0.859 bits per heavy atom. The molecule has 3 atom stereocenters. The Bertz CT molecular complexity index is 1310. The zero-order chi connectivity index (χ0) is 47.0. The van der Waals surface area contributed by atoms with Gasteiger partial charge in [0.2, 0.25) is 0 Å². The van der Waals surface area contributed by atoms with Gasteiger partial charge in [-0.3, -0.25) is 23.4 Å². The number of aliphatic hydroxyl groups excluding tert-OH is 1. The number of carbonyl (C=O) groups is 3. The van der Waals surface area contributed by atoms with Gasteiger partial charge in [0.05, 0.1) is 19.8 Å². The minimum atomic E-state index is -4.75. The Morgan fingerprint density at radius 1 is 0.453 bits per heavy atom. The Morgan fingerprint density at radius 3 is 1.39 bits per heavy atom. The number of phosphoric ester groups is 1. The van der Waals surface area contributed by atoms with E-state index < -0.39 is 57.8 Å². The van der Waals surface area contributed by atoms with Crippen LogP contribution in [0.1, 0.15) is 213 Å². The van der Waals surface area contributed by atoms with Gasteiger partial charge in [-0.1, -0.05) is 191 Å². The van der Waals surface area contributed by atoms with Crippen LogP contribution < -0.4 is 0 Å². The van der Waals surface area contributed by atoms with Crippen molar-refractivity contribution in [2.45, 2.75) is 226 Å². The van der Waals surface area contributed by atoms with Crippen molar-refractivity contribution in [3.63, 3.8) is 0 Å². The van der Waals surface area contributed by atoms with Gasteiger partial charge in [-0.25, -0.2) is 4.57 Å². The molecule has 0 spiro atoms. The standard InChI is InChI=1S/C52H91O11P/c1-4-7-10-13-16-19-22-24-27-30-33-36-39-42-51(55)62-48(44-53)46-60-64(57,58)61-47-49(45-59-50(54)41-38-35-32-29-26-21-18-15-12-9-6-3)63-52(56)43-40-37-34-31-28-25-23-20-17-14-11-8-5-2/h8,11,15,17-18,20,25,28,34,37,48-49,53H,4-7,9-10,12-14,16,19,21-24,26-27,29-33,35-36,38-47H2,1-3H3,(H,57,58)/b11-8-,18-15-,20-17-,28-25-,37-34-. The summed E-state index contributed by atoms with van der Waals surface area (Å²) in [7, 11) is -4.75. The second kappa shape index (κ2) is 46.7. The van der Waals surface area contributed by atoms with E-state index in [0.29, 0.717) is 19.3 Å². The summed E-state index contributed by atoms with van der Waals surface area (Å²) in [6.45, 7) is 4.38. The molecule has 0 saturated heterocycles. The molecule has 2 N–H and O–H groups in total. The summed E-state index contributed by atoms with van der Waals surface area (Å²) in [6, 6.07) is 0. The average molecular weight is 923 g/mol. The quantitative estimate of drug-likeness (QED) is 0.0197. The van der Waals surface area contributed by atoms with Crippen LogP contribution in [0.15, 0.2) is 60.8 Å². The topological polar surface area (TPSA) is 155 Å². The number of hydrogen-bond acceptors (Lipinski definition) is 10. The number of phosphoric acid groups is 1. The lowest BCUT2D eigenvalue weighted by atomic mass is 10.0. The predicted molar refractivity (Wildman–Crippen MR) is 261 cm³/mol. The van der Waals surface area contributed by atoms with Crippen LogP contribution in [-0.4, -0.2) is 66.5 Å². The first kappa shape index (κ1) is 61.2. The zero-order valence-corrected chi connectivity index (χ0v) is 41.4. The Kier molecular flexibility index (Phi) is 44.6. The molecule has 0 aromatic rings. The molecule has 0 aromatic carbocycles. The molecular weight excluding hydrogens is 832 g/mol. The van der Waals surface area contributed by atoms with Crippen molar-refractivity contribution in [1.82, 2.24) is 0 Å². The van der Waals surface area contributed by atoms with Gasteiger partial charge in [-0.2, -0.15) is 0 Å². The first-order valence-corrected chi connectivity index (χ1v) is 26.7. The number of rotatable bonds is 46. The number of esters is 3. The fourth-order valence-electron chi connectivity index (χ4n) is 6.59. The fourth-order valence-corrected chi connectivity index (χ4v) is 7.37. The van der Waals surface area contributed by atoms with Crippen LogP contribution >= 0.6 is 7.82 Å². The van der Waals surface area contributed by atoms with Gasteiger partial charge in [0.25, 0.3) is 0 Å². The maximum Gasteiger partial charge on any atom is 0.472 e. The molecular formula is C52H91O11P. The highest BCUT2D eigenvalue weighted by atomic mass is 31.2. The molecule has 0 aromatic heterocycles. The molecule has 0 aliphatic rings. The number of unbranched alkanes of at least 4 members (excludes halogenated alkanes) is 19. The monoisotopic (exact) mass is 923 g/mol. The smallest absolute Gasteiger partial charge is 0.462 e. The van der Waals surface area contributed by atoms with Crippen molar-refractivity contribution < 1.29 is 52.2 Å². The number of aliphatic hydroxyl groups is 1. The number of hydrogen-bond donors (Lipinski definition) is 2. The van der Waals surface area contributed by atoms with Gasteiger partial charge in [0.15, 0.2) is 6.10 Å².